The highest BCUT2D eigenvalue weighted by Crippen LogP contribution is 2.33. The highest BCUT2D eigenvalue weighted by molar-refractivity contribution is 6.02. The second kappa shape index (κ2) is 9.78. The second-order valence-corrected chi connectivity index (χ2v) is 7.10. The molecule has 1 aromatic carbocycles. The monoisotopic (exact) mass is 394 g/mol. The van der Waals surface area contributed by atoms with E-state index in [9.17, 15) is 10.1 Å². The minimum atomic E-state index is -0.334. The van der Waals surface area contributed by atoms with Crippen molar-refractivity contribution in [1.29, 1.82) is 5.26 Å². The molecule has 3 rings (SSSR count). The summed E-state index contributed by atoms with van der Waals surface area (Å²) in [6.45, 7) is 0. The van der Waals surface area contributed by atoms with Crippen LogP contribution in [0.5, 0.6) is 11.5 Å². The number of benzene rings is 1. The van der Waals surface area contributed by atoms with E-state index in [0.29, 0.717) is 22.8 Å². The predicted octanol–water partition coefficient (Wildman–Crippen LogP) is 3.84. The molecule has 7 heteroatoms. The van der Waals surface area contributed by atoms with Gasteiger partial charge in [-0.05, 0) is 37.1 Å². The van der Waals surface area contributed by atoms with Gasteiger partial charge in [0.15, 0.2) is 11.5 Å². The number of H-pyrrole nitrogens is 1. The van der Waals surface area contributed by atoms with Gasteiger partial charge in [-0.1, -0.05) is 25.7 Å². The van der Waals surface area contributed by atoms with Crippen LogP contribution in [0.25, 0.3) is 17.3 Å². The Balaban J connectivity index is 1.83. The molecule has 2 N–H and O–H groups in total. The van der Waals surface area contributed by atoms with E-state index >= 15 is 0 Å². The first-order valence-electron chi connectivity index (χ1n) is 9.84. The molecule has 1 aliphatic carbocycles. The van der Waals surface area contributed by atoms with E-state index < -0.39 is 0 Å². The lowest BCUT2D eigenvalue weighted by Crippen LogP contribution is -2.35. The van der Waals surface area contributed by atoms with Gasteiger partial charge in [0.2, 0.25) is 0 Å². The summed E-state index contributed by atoms with van der Waals surface area (Å²) < 4.78 is 10.6. The van der Waals surface area contributed by atoms with Crippen molar-refractivity contribution in [3.05, 3.63) is 35.5 Å². The van der Waals surface area contributed by atoms with E-state index in [4.69, 9.17) is 9.47 Å². The number of ether oxygens (including phenoxy) is 2. The minimum absolute atomic E-state index is 0.0670. The van der Waals surface area contributed by atoms with Gasteiger partial charge in [-0.3, -0.25) is 9.89 Å². The Morgan fingerprint density at radius 2 is 1.93 bits per heavy atom. The van der Waals surface area contributed by atoms with E-state index in [-0.39, 0.29) is 17.5 Å². The Hall–Kier alpha value is -3.27. The molecule has 0 spiro atoms. The van der Waals surface area contributed by atoms with Gasteiger partial charge in [0.25, 0.3) is 5.91 Å². The van der Waals surface area contributed by atoms with Crippen molar-refractivity contribution in [2.24, 2.45) is 0 Å². The molecule has 1 amide bonds. The normalized spacial score (nSPS) is 15.3. The summed E-state index contributed by atoms with van der Waals surface area (Å²) in [6, 6.07) is 7.65. The molecule has 0 bridgehead atoms. The third-order valence-electron chi connectivity index (χ3n) is 5.20. The lowest BCUT2D eigenvalue weighted by molar-refractivity contribution is -0.117. The molecular formula is C22H26N4O3. The maximum absolute atomic E-state index is 12.6. The molecule has 1 aromatic heterocycles. The van der Waals surface area contributed by atoms with Crippen LogP contribution >= 0.6 is 0 Å². The molecule has 29 heavy (non-hydrogen) atoms. The summed E-state index contributed by atoms with van der Waals surface area (Å²) >= 11 is 0. The van der Waals surface area contributed by atoms with Gasteiger partial charge >= 0.3 is 0 Å². The maximum atomic E-state index is 12.6. The first kappa shape index (κ1) is 20.5. The van der Waals surface area contributed by atoms with Crippen LogP contribution in [0.15, 0.2) is 30.0 Å². The number of hydrogen-bond donors (Lipinski definition) is 2. The second-order valence-electron chi connectivity index (χ2n) is 7.10. The van der Waals surface area contributed by atoms with E-state index in [2.05, 4.69) is 15.5 Å². The van der Waals surface area contributed by atoms with Crippen LogP contribution in [0.4, 0.5) is 0 Å². The Labute approximate surface area is 170 Å². The van der Waals surface area contributed by atoms with Gasteiger partial charge in [-0.25, -0.2) is 0 Å². The van der Waals surface area contributed by atoms with Crippen LogP contribution in [0.3, 0.4) is 0 Å². The number of nitrogens with one attached hydrogen (secondary N) is 2. The summed E-state index contributed by atoms with van der Waals surface area (Å²) in [6.07, 6.45) is 9.74. The van der Waals surface area contributed by atoms with Gasteiger partial charge in [-0.2, -0.15) is 10.4 Å². The molecule has 152 valence electrons. The molecule has 1 fully saturated rings. The number of aromatic nitrogens is 2. The smallest absolute Gasteiger partial charge is 0.262 e. The van der Waals surface area contributed by atoms with Gasteiger partial charge in [0, 0.05) is 17.2 Å². The van der Waals surface area contributed by atoms with E-state index in [1.165, 1.54) is 12.8 Å². The van der Waals surface area contributed by atoms with Crippen molar-refractivity contribution in [2.75, 3.05) is 14.2 Å². The van der Waals surface area contributed by atoms with Crippen LogP contribution < -0.4 is 14.8 Å². The lowest BCUT2D eigenvalue weighted by atomic mass is 10.0. The molecule has 1 saturated carbocycles. The fourth-order valence-corrected chi connectivity index (χ4v) is 3.62. The largest absolute Gasteiger partial charge is 0.493 e. The van der Waals surface area contributed by atoms with Crippen LogP contribution in [0.2, 0.25) is 0 Å². The van der Waals surface area contributed by atoms with Crippen molar-refractivity contribution in [3.63, 3.8) is 0 Å². The molecule has 0 aliphatic heterocycles. The van der Waals surface area contributed by atoms with Gasteiger partial charge in [0.05, 0.1) is 26.1 Å². The van der Waals surface area contributed by atoms with Crippen molar-refractivity contribution < 1.29 is 14.3 Å². The molecule has 2 aromatic rings. The Morgan fingerprint density at radius 1 is 1.21 bits per heavy atom. The zero-order valence-corrected chi connectivity index (χ0v) is 16.8. The number of carbonyl (C=O) groups excluding carboxylic acids is 1. The van der Waals surface area contributed by atoms with Crippen molar-refractivity contribution >= 4 is 12.0 Å². The number of carbonyl (C=O) groups is 1. The zero-order valence-electron chi connectivity index (χ0n) is 16.8. The molecule has 1 heterocycles. The number of rotatable bonds is 6. The van der Waals surface area contributed by atoms with Crippen LogP contribution in [-0.2, 0) is 4.79 Å². The SMILES string of the molecule is COc1ccc(-c2[nH]ncc2/C=C(/C#N)C(=O)NC2CCCCCC2)cc1OC. The van der Waals surface area contributed by atoms with Crippen molar-refractivity contribution in [1.82, 2.24) is 15.5 Å². The summed E-state index contributed by atoms with van der Waals surface area (Å²) in [7, 11) is 3.15. The Kier molecular flexibility index (Phi) is 6.90. The average molecular weight is 394 g/mol. The molecule has 0 atom stereocenters. The number of hydrogen-bond acceptors (Lipinski definition) is 5. The average Bonchev–Trinajstić information content (AvgIpc) is 3.06. The zero-order chi connectivity index (χ0) is 20.6. The van der Waals surface area contributed by atoms with Crippen molar-refractivity contribution in [2.45, 2.75) is 44.6 Å². The van der Waals surface area contributed by atoms with E-state index in [1.807, 2.05) is 18.2 Å². The summed E-state index contributed by atoms with van der Waals surface area (Å²) in [5.74, 6) is 0.869. The molecule has 1 aliphatic rings. The third kappa shape index (κ3) is 4.96. The summed E-state index contributed by atoms with van der Waals surface area (Å²) in [5.41, 5.74) is 2.23. The highest BCUT2D eigenvalue weighted by atomic mass is 16.5. The number of methoxy groups -OCH3 is 2. The van der Waals surface area contributed by atoms with Crippen LogP contribution in [-0.4, -0.2) is 36.4 Å². The molecular weight excluding hydrogens is 368 g/mol. The van der Waals surface area contributed by atoms with Gasteiger partial charge < -0.3 is 14.8 Å². The Morgan fingerprint density at radius 3 is 2.59 bits per heavy atom. The maximum Gasteiger partial charge on any atom is 0.262 e. The van der Waals surface area contributed by atoms with Crippen LogP contribution in [0.1, 0.15) is 44.1 Å². The topological polar surface area (TPSA) is 100 Å². The first-order chi connectivity index (χ1) is 14.2. The van der Waals surface area contributed by atoms with Gasteiger partial charge in [-0.15, -0.1) is 0 Å². The molecule has 7 nitrogen and oxygen atoms in total. The quantitative estimate of drug-likeness (QED) is 0.440. The molecule has 0 radical (unpaired) electrons. The number of nitriles is 1. The van der Waals surface area contributed by atoms with Crippen molar-refractivity contribution in [3.8, 4) is 28.8 Å². The minimum Gasteiger partial charge on any atom is -0.493 e. The lowest BCUT2D eigenvalue weighted by Gasteiger charge is -2.15. The fourth-order valence-electron chi connectivity index (χ4n) is 3.62. The standard InChI is InChI=1S/C22H26N4O3/c1-28-19-10-9-15(12-20(19)29-2)21-17(14-24-26-21)11-16(13-23)22(27)25-18-7-5-3-4-6-8-18/h9-12,14,18H,3-8H2,1-2H3,(H,24,26)(H,25,27)/b16-11-. The van der Waals surface area contributed by atoms with Gasteiger partial charge in [0.1, 0.15) is 11.6 Å². The highest BCUT2D eigenvalue weighted by Gasteiger charge is 2.18. The first-order valence-corrected chi connectivity index (χ1v) is 9.84. The summed E-state index contributed by atoms with van der Waals surface area (Å²) in [5, 5.41) is 19.6. The van der Waals surface area contributed by atoms with E-state index in [0.717, 1.165) is 31.2 Å². The molecule has 0 saturated heterocycles. The number of amides is 1. The fraction of sp³-hybridized carbons (Fsp3) is 0.409. The van der Waals surface area contributed by atoms with Crippen LogP contribution in [0, 0.1) is 11.3 Å². The predicted molar refractivity (Wildman–Crippen MR) is 110 cm³/mol. The number of aromatic amines is 1. The third-order valence-corrected chi connectivity index (χ3v) is 5.20. The summed E-state index contributed by atoms with van der Waals surface area (Å²) in [4.78, 5) is 12.6. The number of nitrogens with zero attached hydrogens (tertiary/aromatic N) is 2. The Bertz CT molecular complexity index is 918. The van der Waals surface area contributed by atoms with E-state index in [1.54, 1.807) is 32.6 Å². The molecule has 0 unspecified atom stereocenters.